The monoisotopic (exact) mass is 361 g/mol. The van der Waals surface area contributed by atoms with E-state index in [9.17, 15) is 9.59 Å². The van der Waals surface area contributed by atoms with Crippen molar-refractivity contribution in [3.63, 3.8) is 0 Å². The van der Waals surface area contributed by atoms with Gasteiger partial charge >= 0.3 is 0 Å². The molecule has 0 fully saturated rings. The Hall–Kier alpha value is -1.75. The van der Waals surface area contributed by atoms with Crippen LogP contribution in [0.2, 0.25) is 0 Å². The van der Waals surface area contributed by atoms with Crippen molar-refractivity contribution in [1.82, 2.24) is 4.90 Å². The number of ether oxygens (including phenoxy) is 1. The van der Waals surface area contributed by atoms with E-state index >= 15 is 0 Å². The summed E-state index contributed by atoms with van der Waals surface area (Å²) in [4.78, 5) is 25.8. The highest BCUT2D eigenvalue weighted by Gasteiger charge is 2.34. The number of nitrogens with zero attached hydrogens (tertiary/aromatic N) is 1. The quantitative estimate of drug-likeness (QED) is 0.324. The molecule has 0 unspecified atom stereocenters. The molecule has 0 saturated heterocycles. The van der Waals surface area contributed by atoms with Gasteiger partial charge in [0.15, 0.2) is 5.05 Å². The number of rotatable bonds is 11. The smallest absolute Gasteiger partial charge is 0.261 e. The van der Waals surface area contributed by atoms with Gasteiger partial charge in [0.1, 0.15) is 0 Å². The number of hydrogen-bond acceptors (Lipinski definition) is 4. The Labute approximate surface area is 155 Å². The minimum absolute atomic E-state index is 0.144. The average Bonchev–Trinajstić information content (AvgIpc) is 2.84. The molecule has 0 radical (unpaired) electrons. The molecule has 0 aliphatic carbocycles. The standard InChI is InChI=1S/C20H27NO3S/c1-16(25)24-15-11-7-5-3-2-4-6-10-14-21-19(22)17-12-8-9-13-18(17)20(21)23/h8-9,12-13H,2-7,10-11,14-15H2,1H3. The molecule has 0 aromatic heterocycles. The lowest BCUT2D eigenvalue weighted by Crippen LogP contribution is -2.30. The van der Waals surface area contributed by atoms with Gasteiger partial charge < -0.3 is 4.74 Å². The maximum Gasteiger partial charge on any atom is 0.261 e. The second-order valence-electron chi connectivity index (χ2n) is 6.48. The van der Waals surface area contributed by atoms with Crippen molar-refractivity contribution >= 4 is 29.1 Å². The number of carbonyl (C=O) groups excluding carboxylic acids is 2. The zero-order valence-electron chi connectivity index (χ0n) is 15.0. The van der Waals surface area contributed by atoms with Gasteiger partial charge in [-0.25, -0.2) is 0 Å². The first-order valence-electron chi connectivity index (χ1n) is 9.20. The second-order valence-corrected chi connectivity index (χ2v) is 7.05. The van der Waals surface area contributed by atoms with Crippen LogP contribution < -0.4 is 0 Å². The molecular formula is C20H27NO3S. The minimum Gasteiger partial charge on any atom is -0.487 e. The predicted molar refractivity (Wildman–Crippen MR) is 103 cm³/mol. The molecular weight excluding hydrogens is 334 g/mol. The van der Waals surface area contributed by atoms with Crippen molar-refractivity contribution in [2.75, 3.05) is 13.2 Å². The number of unbranched alkanes of at least 4 members (excludes halogenated alkanes) is 7. The fourth-order valence-electron chi connectivity index (χ4n) is 3.09. The molecule has 25 heavy (non-hydrogen) atoms. The summed E-state index contributed by atoms with van der Waals surface area (Å²) in [5, 5.41) is 0.623. The minimum atomic E-state index is -0.144. The Bertz CT molecular complexity index is 580. The summed E-state index contributed by atoms with van der Waals surface area (Å²) in [6.45, 7) is 3.06. The Morgan fingerprint density at radius 2 is 1.36 bits per heavy atom. The molecule has 2 amide bonds. The highest BCUT2D eigenvalue weighted by Crippen LogP contribution is 2.22. The van der Waals surface area contributed by atoms with E-state index < -0.39 is 0 Å². The van der Waals surface area contributed by atoms with Crippen LogP contribution in [0.5, 0.6) is 0 Å². The second kappa shape index (κ2) is 10.3. The normalized spacial score (nSPS) is 13.2. The maximum absolute atomic E-state index is 12.2. The van der Waals surface area contributed by atoms with E-state index in [4.69, 9.17) is 17.0 Å². The average molecular weight is 362 g/mol. The molecule has 136 valence electrons. The third-order valence-corrected chi connectivity index (χ3v) is 4.58. The van der Waals surface area contributed by atoms with E-state index in [1.165, 1.54) is 30.6 Å². The number of thiocarbonyl (C=S) groups is 1. The van der Waals surface area contributed by atoms with E-state index in [1.807, 2.05) is 0 Å². The molecule has 0 saturated carbocycles. The molecule has 0 atom stereocenters. The van der Waals surface area contributed by atoms with Crippen LogP contribution in [-0.4, -0.2) is 34.9 Å². The van der Waals surface area contributed by atoms with Crippen molar-refractivity contribution in [2.45, 2.75) is 58.3 Å². The third kappa shape index (κ3) is 5.92. The van der Waals surface area contributed by atoms with E-state index in [0.717, 1.165) is 32.3 Å². The van der Waals surface area contributed by atoms with Gasteiger partial charge in [-0.15, -0.1) is 0 Å². The summed E-state index contributed by atoms with van der Waals surface area (Å²) in [5.41, 5.74) is 1.08. The lowest BCUT2D eigenvalue weighted by Gasteiger charge is -2.13. The summed E-state index contributed by atoms with van der Waals surface area (Å²) in [5.74, 6) is -0.288. The van der Waals surface area contributed by atoms with Crippen LogP contribution in [0.4, 0.5) is 0 Å². The maximum atomic E-state index is 12.2. The number of amides is 2. The summed E-state index contributed by atoms with van der Waals surface area (Å²) < 4.78 is 5.26. The SMILES string of the molecule is CC(=S)OCCCCCCCCCCN1C(=O)c2ccccc2C1=O. The highest BCUT2D eigenvalue weighted by molar-refractivity contribution is 7.80. The van der Waals surface area contributed by atoms with Crippen LogP contribution >= 0.6 is 12.2 Å². The van der Waals surface area contributed by atoms with Crippen LogP contribution in [-0.2, 0) is 4.74 Å². The van der Waals surface area contributed by atoms with Crippen molar-refractivity contribution < 1.29 is 14.3 Å². The summed E-state index contributed by atoms with van der Waals surface area (Å²) in [6.07, 6.45) is 8.98. The third-order valence-electron chi connectivity index (χ3n) is 4.46. The van der Waals surface area contributed by atoms with Crippen LogP contribution in [0.15, 0.2) is 24.3 Å². The van der Waals surface area contributed by atoms with Crippen molar-refractivity contribution in [1.29, 1.82) is 0 Å². The molecule has 1 heterocycles. The van der Waals surface area contributed by atoms with Gasteiger partial charge in [-0.3, -0.25) is 14.5 Å². The molecule has 2 rings (SSSR count). The van der Waals surface area contributed by atoms with E-state index in [2.05, 4.69) is 0 Å². The Kier molecular flexibility index (Phi) is 8.06. The number of fused-ring (bicyclic) bond motifs is 1. The van der Waals surface area contributed by atoms with Gasteiger partial charge in [-0.2, -0.15) is 0 Å². The highest BCUT2D eigenvalue weighted by atomic mass is 32.1. The molecule has 1 aliphatic heterocycles. The number of hydrogen-bond donors (Lipinski definition) is 0. The fourth-order valence-corrected chi connectivity index (χ4v) is 3.17. The van der Waals surface area contributed by atoms with Gasteiger partial charge in [0.2, 0.25) is 0 Å². The van der Waals surface area contributed by atoms with Crippen LogP contribution in [0.3, 0.4) is 0 Å². The van der Waals surface area contributed by atoms with E-state index in [0.29, 0.717) is 22.7 Å². The molecule has 1 aromatic rings. The first kappa shape index (κ1) is 19.6. The van der Waals surface area contributed by atoms with Crippen molar-refractivity contribution in [2.24, 2.45) is 0 Å². The lowest BCUT2D eigenvalue weighted by molar-refractivity contribution is 0.0651. The zero-order chi connectivity index (χ0) is 18.1. The van der Waals surface area contributed by atoms with Crippen LogP contribution in [0, 0.1) is 0 Å². The first-order valence-corrected chi connectivity index (χ1v) is 9.60. The largest absolute Gasteiger partial charge is 0.487 e. The lowest BCUT2D eigenvalue weighted by atomic mass is 10.1. The molecule has 1 aliphatic rings. The van der Waals surface area contributed by atoms with Gasteiger partial charge in [-0.05, 0) is 37.2 Å². The molecule has 1 aromatic carbocycles. The Morgan fingerprint density at radius 3 is 1.88 bits per heavy atom. The van der Waals surface area contributed by atoms with E-state index in [-0.39, 0.29) is 11.8 Å². The van der Waals surface area contributed by atoms with Gasteiger partial charge in [0.25, 0.3) is 11.8 Å². The Morgan fingerprint density at radius 1 is 0.880 bits per heavy atom. The van der Waals surface area contributed by atoms with Gasteiger partial charge in [0.05, 0.1) is 17.7 Å². The van der Waals surface area contributed by atoms with Gasteiger partial charge in [-0.1, -0.05) is 50.7 Å². The molecule has 0 spiro atoms. The number of benzene rings is 1. The summed E-state index contributed by atoms with van der Waals surface area (Å²) in [6, 6.07) is 7.07. The first-order chi connectivity index (χ1) is 12.1. The van der Waals surface area contributed by atoms with E-state index in [1.54, 1.807) is 31.2 Å². The van der Waals surface area contributed by atoms with Crippen molar-refractivity contribution in [3.05, 3.63) is 35.4 Å². The topological polar surface area (TPSA) is 46.6 Å². The Balaban J connectivity index is 1.51. The predicted octanol–water partition coefficient (Wildman–Crippen LogP) is 4.77. The molecule has 5 heteroatoms. The molecule has 0 bridgehead atoms. The molecule has 4 nitrogen and oxygen atoms in total. The van der Waals surface area contributed by atoms with Crippen molar-refractivity contribution in [3.8, 4) is 0 Å². The molecule has 0 N–H and O–H groups in total. The number of carbonyl (C=O) groups is 2. The zero-order valence-corrected chi connectivity index (χ0v) is 15.8. The van der Waals surface area contributed by atoms with Crippen LogP contribution in [0.25, 0.3) is 0 Å². The number of imide groups is 1. The summed E-state index contributed by atoms with van der Waals surface area (Å²) in [7, 11) is 0. The van der Waals surface area contributed by atoms with Gasteiger partial charge in [0, 0.05) is 13.5 Å². The van der Waals surface area contributed by atoms with Crippen LogP contribution in [0.1, 0.15) is 79.0 Å². The summed E-state index contributed by atoms with van der Waals surface area (Å²) >= 11 is 4.86. The fraction of sp³-hybridized carbons (Fsp3) is 0.550.